The van der Waals surface area contributed by atoms with Gasteiger partial charge in [0.1, 0.15) is 18.3 Å². The fourth-order valence-corrected chi connectivity index (χ4v) is 5.29. The van der Waals surface area contributed by atoms with E-state index in [9.17, 15) is 18.0 Å². The molecule has 3 aromatic rings. The van der Waals surface area contributed by atoms with Gasteiger partial charge in [-0.3, -0.25) is 13.9 Å². The number of carbonyl (C=O) groups is 2. The standard InChI is InChI=1S/C31H39N3O5S/c1-6-24(3)32-31(36)28(20-25-14-8-7-9-15-25)33(21-26-16-12-13-23(2)19-26)30(35)22-34(40(5,37)38)27-17-10-11-18-29(27)39-4/h7-19,24,28H,6,20-22H2,1-5H3,(H,32,36)/t24-,28-/m1/s1. The van der Waals surface area contributed by atoms with E-state index in [0.29, 0.717) is 5.75 Å². The van der Waals surface area contributed by atoms with Crippen LogP contribution >= 0.6 is 0 Å². The lowest BCUT2D eigenvalue weighted by molar-refractivity contribution is -0.140. The van der Waals surface area contributed by atoms with Crippen LogP contribution in [0.25, 0.3) is 0 Å². The number of aryl methyl sites for hydroxylation is 1. The predicted molar refractivity (Wildman–Crippen MR) is 159 cm³/mol. The normalized spacial score (nSPS) is 12.7. The number of hydrogen-bond acceptors (Lipinski definition) is 5. The van der Waals surface area contributed by atoms with Gasteiger partial charge in [-0.2, -0.15) is 0 Å². The van der Waals surface area contributed by atoms with Crippen LogP contribution in [0.2, 0.25) is 0 Å². The van der Waals surface area contributed by atoms with Crippen molar-refractivity contribution in [3.05, 3.63) is 95.6 Å². The number of carbonyl (C=O) groups excluding carboxylic acids is 2. The maximum absolute atomic E-state index is 14.2. The summed E-state index contributed by atoms with van der Waals surface area (Å²) in [7, 11) is -2.44. The average molecular weight is 566 g/mol. The summed E-state index contributed by atoms with van der Waals surface area (Å²) in [5.74, 6) is -0.471. The van der Waals surface area contributed by atoms with Crippen LogP contribution in [-0.2, 0) is 32.6 Å². The first-order valence-electron chi connectivity index (χ1n) is 13.3. The molecule has 0 aliphatic rings. The van der Waals surface area contributed by atoms with Gasteiger partial charge >= 0.3 is 0 Å². The molecular formula is C31H39N3O5S. The van der Waals surface area contributed by atoms with Gasteiger partial charge in [-0.1, -0.05) is 79.2 Å². The number of rotatable bonds is 13. The van der Waals surface area contributed by atoms with E-state index in [1.54, 1.807) is 24.3 Å². The lowest BCUT2D eigenvalue weighted by Gasteiger charge is -2.34. The molecule has 0 aromatic heterocycles. The molecule has 0 aliphatic carbocycles. The van der Waals surface area contributed by atoms with Crippen molar-refractivity contribution in [2.75, 3.05) is 24.2 Å². The van der Waals surface area contributed by atoms with Crippen molar-refractivity contribution in [1.29, 1.82) is 0 Å². The third-order valence-corrected chi connectivity index (χ3v) is 7.87. The predicted octanol–water partition coefficient (Wildman–Crippen LogP) is 4.32. The maximum atomic E-state index is 14.2. The van der Waals surface area contributed by atoms with Gasteiger partial charge in [-0.05, 0) is 43.5 Å². The Kier molecular flexibility index (Phi) is 10.7. The molecule has 0 bridgehead atoms. The molecule has 0 spiro atoms. The molecule has 2 atom stereocenters. The number of anilines is 1. The molecule has 0 fully saturated rings. The Balaban J connectivity index is 2.08. The first-order chi connectivity index (χ1) is 19.0. The fourth-order valence-electron chi connectivity index (χ4n) is 4.43. The molecule has 3 aromatic carbocycles. The van der Waals surface area contributed by atoms with E-state index < -0.39 is 28.5 Å². The van der Waals surface area contributed by atoms with Crippen molar-refractivity contribution >= 4 is 27.5 Å². The van der Waals surface area contributed by atoms with Gasteiger partial charge in [0, 0.05) is 19.0 Å². The maximum Gasteiger partial charge on any atom is 0.244 e. The number of nitrogens with one attached hydrogen (secondary N) is 1. The van der Waals surface area contributed by atoms with Crippen LogP contribution in [0.4, 0.5) is 5.69 Å². The zero-order valence-corrected chi connectivity index (χ0v) is 24.6. The van der Waals surface area contributed by atoms with Crippen molar-refractivity contribution in [3.8, 4) is 5.75 Å². The van der Waals surface area contributed by atoms with Crippen LogP contribution in [0.15, 0.2) is 78.9 Å². The van der Waals surface area contributed by atoms with E-state index in [2.05, 4.69) is 5.32 Å². The van der Waals surface area contributed by atoms with E-state index in [1.165, 1.54) is 12.0 Å². The Labute approximate surface area is 238 Å². The Morgan fingerprint density at radius 3 is 2.23 bits per heavy atom. The summed E-state index contributed by atoms with van der Waals surface area (Å²) >= 11 is 0. The molecule has 0 heterocycles. The number of ether oxygens (including phenoxy) is 1. The average Bonchev–Trinajstić information content (AvgIpc) is 2.93. The van der Waals surface area contributed by atoms with Gasteiger partial charge in [-0.15, -0.1) is 0 Å². The fraction of sp³-hybridized carbons (Fsp3) is 0.355. The number of hydrogen-bond donors (Lipinski definition) is 1. The zero-order chi connectivity index (χ0) is 29.3. The summed E-state index contributed by atoms with van der Waals surface area (Å²) in [5.41, 5.74) is 2.99. The lowest BCUT2D eigenvalue weighted by Crippen LogP contribution is -2.54. The van der Waals surface area contributed by atoms with Crippen molar-refractivity contribution in [1.82, 2.24) is 10.2 Å². The van der Waals surface area contributed by atoms with Gasteiger partial charge in [0.2, 0.25) is 21.8 Å². The largest absolute Gasteiger partial charge is 0.495 e. The summed E-state index contributed by atoms with van der Waals surface area (Å²) in [6.07, 6.45) is 2.05. The van der Waals surface area contributed by atoms with Gasteiger partial charge in [-0.25, -0.2) is 8.42 Å². The Bertz CT molecular complexity index is 1390. The molecule has 214 valence electrons. The molecule has 1 N–H and O–H groups in total. The second-order valence-electron chi connectivity index (χ2n) is 9.98. The molecule has 0 saturated carbocycles. The monoisotopic (exact) mass is 565 g/mol. The van der Waals surface area contributed by atoms with E-state index in [1.807, 2.05) is 75.4 Å². The van der Waals surface area contributed by atoms with Gasteiger partial charge in [0.15, 0.2) is 0 Å². The van der Waals surface area contributed by atoms with Crippen LogP contribution in [0.5, 0.6) is 5.75 Å². The van der Waals surface area contributed by atoms with E-state index in [4.69, 9.17) is 4.74 Å². The number of sulfonamides is 1. The van der Waals surface area contributed by atoms with Crippen molar-refractivity contribution in [3.63, 3.8) is 0 Å². The van der Waals surface area contributed by atoms with E-state index in [0.717, 1.165) is 33.7 Å². The first kappa shape index (κ1) is 30.7. The quantitative estimate of drug-likeness (QED) is 0.333. The van der Waals surface area contributed by atoms with Crippen LogP contribution in [0.1, 0.15) is 37.0 Å². The minimum Gasteiger partial charge on any atom is -0.495 e. The van der Waals surface area contributed by atoms with Crippen LogP contribution in [0.3, 0.4) is 0 Å². The molecule has 0 aliphatic heterocycles. The molecule has 2 amide bonds. The molecule has 40 heavy (non-hydrogen) atoms. The smallest absolute Gasteiger partial charge is 0.244 e. The van der Waals surface area contributed by atoms with E-state index in [-0.39, 0.29) is 30.6 Å². The van der Waals surface area contributed by atoms with Gasteiger partial charge < -0.3 is 15.0 Å². The van der Waals surface area contributed by atoms with E-state index >= 15 is 0 Å². The van der Waals surface area contributed by atoms with Crippen molar-refractivity contribution in [2.45, 2.75) is 52.2 Å². The lowest BCUT2D eigenvalue weighted by atomic mass is 10.0. The van der Waals surface area contributed by atoms with Crippen LogP contribution in [0, 0.1) is 6.92 Å². The highest BCUT2D eigenvalue weighted by atomic mass is 32.2. The Hall–Kier alpha value is -3.85. The van der Waals surface area contributed by atoms with Crippen molar-refractivity contribution < 1.29 is 22.7 Å². The van der Waals surface area contributed by atoms with Gasteiger partial charge in [0.05, 0.1) is 19.1 Å². The number of amides is 2. The molecule has 0 radical (unpaired) electrons. The summed E-state index contributed by atoms with van der Waals surface area (Å²) in [6, 6.07) is 22.9. The summed E-state index contributed by atoms with van der Waals surface area (Å²) in [5, 5.41) is 3.03. The minimum atomic E-state index is -3.88. The molecule has 8 nitrogen and oxygen atoms in total. The van der Waals surface area contributed by atoms with Crippen molar-refractivity contribution in [2.24, 2.45) is 0 Å². The first-order valence-corrected chi connectivity index (χ1v) is 15.2. The van der Waals surface area contributed by atoms with Crippen LogP contribution in [-0.4, -0.2) is 57.1 Å². The molecule has 0 unspecified atom stereocenters. The third-order valence-electron chi connectivity index (χ3n) is 6.74. The second-order valence-corrected chi connectivity index (χ2v) is 11.9. The zero-order valence-electron chi connectivity index (χ0n) is 23.8. The van der Waals surface area contributed by atoms with Gasteiger partial charge in [0.25, 0.3) is 0 Å². The summed E-state index contributed by atoms with van der Waals surface area (Å²) in [4.78, 5) is 29.4. The number of benzene rings is 3. The number of nitrogens with zero attached hydrogens (tertiary/aromatic N) is 2. The summed E-state index contributed by atoms with van der Waals surface area (Å²) in [6.45, 7) is 5.49. The SMILES string of the molecule is CC[C@@H](C)NC(=O)[C@@H](Cc1ccccc1)N(Cc1cccc(C)c1)C(=O)CN(c1ccccc1OC)S(C)(=O)=O. The number of para-hydroxylation sites is 2. The third kappa shape index (κ3) is 8.32. The van der Waals surface area contributed by atoms with Crippen LogP contribution < -0.4 is 14.4 Å². The molecule has 3 rings (SSSR count). The Morgan fingerprint density at radius 1 is 0.950 bits per heavy atom. The summed E-state index contributed by atoms with van der Waals surface area (Å²) < 4.78 is 32.4. The molecule has 9 heteroatoms. The highest BCUT2D eigenvalue weighted by Gasteiger charge is 2.34. The highest BCUT2D eigenvalue weighted by molar-refractivity contribution is 7.92. The Morgan fingerprint density at radius 2 is 1.60 bits per heavy atom. The second kappa shape index (κ2) is 14.0. The molecular weight excluding hydrogens is 526 g/mol. The highest BCUT2D eigenvalue weighted by Crippen LogP contribution is 2.30. The number of methoxy groups -OCH3 is 1. The molecule has 0 saturated heterocycles. The minimum absolute atomic E-state index is 0.0946. The topological polar surface area (TPSA) is 96.0 Å².